The second kappa shape index (κ2) is 13.4. The van der Waals surface area contributed by atoms with Crippen molar-refractivity contribution in [3.05, 3.63) is 0 Å². The SMILES string of the molecule is CC(C)CCC(=O)N[C@@H](CC(=O)N1CCC[C@@H]1C1CCCCC1)C(=O)N[C@H](C)C1NC2CCCCC2N1. The smallest absolute Gasteiger partial charge is 0.243 e. The molecule has 0 spiro atoms. The van der Waals surface area contributed by atoms with Gasteiger partial charge in [0.05, 0.1) is 18.6 Å². The molecule has 8 nitrogen and oxygen atoms in total. The average Bonchev–Trinajstić information content (AvgIpc) is 3.55. The molecule has 5 atom stereocenters. The first-order chi connectivity index (χ1) is 17.8. The maximum atomic E-state index is 13.5. The highest BCUT2D eigenvalue weighted by atomic mass is 16.2. The molecule has 4 rings (SSSR count). The minimum absolute atomic E-state index is 0.000641. The number of fused-ring (bicyclic) bond motifs is 1. The van der Waals surface area contributed by atoms with E-state index in [0.29, 0.717) is 36.4 Å². The predicted molar refractivity (Wildman–Crippen MR) is 146 cm³/mol. The van der Waals surface area contributed by atoms with E-state index in [1.165, 1.54) is 44.9 Å². The van der Waals surface area contributed by atoms with E-state index in [-0.39, 0.29) is 36.3 Å². The van der Waals surface area contributed by atoms with Crippen molar-refractivity contribution < 1.29 is 14.4 Å². The molecule has 2 aliphatic heterocycles. The van der Waals surface area contributed by atoms with Crippen LogP contribution in [0.3, 0.4) is 0 Å². The zero-order valence-corrected chi connectivity index (χ0v) is 23.4. The third-order valence-corrected chi connectivity index (χ3v) is 9.22. The Morgan fingerprint density at radius 2 is 1.49 bits per heavy atom. The number of likely N-dealkylation sites (tertiary alicyclic amines) is 1. The lowest BCUT2D eigenvalue weighted by atomic mass is 9.83. The Balaban J connectivity index is 1.38. The summed E-state index contributed by atoms with van der Waals surface area (Å²) in [5.74, 6) is 0.584. The second-order valence-corrected chi connectivity index (χ2v) is 12.6. The summed E-state index contributed by atoms with van der Waals surface area (Å²) in [4.78, 5) is 41.8. The Bertz CT molecular complexity index is 770. The van der Waals surface area contributed by atoms with Crippen LogP contribution in [0.15, 0.2) is 0 Å². The molecule has 210 valence electrons. The maximum absolute atomic E-state index is 13.5. The number of hydrogen-bond donors (Lipinski definition) is 4. The van der Waals surface area contributed by atoms with Gasteiger partial charge >= 0.3 is 0 Å². The van der Waals surface area contributed by atoms with E-state index in [0.717, 1.165) is 38.6 Å². The summed E-state index contributed by atoms with van der Waals surface area (Å²) in [6, 6.07) is 0.217. The van der Waals surface area contributed by atoms with Gasteiger partial charge in [-0.1, -0.05) is 46.0 Å². The van der Waals surface area contributed by atoms with Gasteiger partial charge in [0, 0.05) is 31.1 Å². The van der Waals surface area contributed by atoms with Crippen LogP contribution in [-0.2, 0) is 14.4 Å². The van der Waals surface area contributed by atoms with E-state index in [1.54, 1.807) is 0 Å². The Morgan fingerprint density at radius 3 is 2.14 bits per heavy atom. The van der Waals surface area contributed by atoms with Crippen LogP contribution in [0.1, 0.15) is 111 Å². The number of hydrogen-bond acceptors (Lipinski definition) is 5. The molecule has 0 aromatic heterocycles. The van der Waals surface area contributed by atoms with Crippen molar-refractivity contribution in [2.24, 2.45) is 11.8 Å². The molecule has 0 aromatic carbocycles. The highest BCUT2D eigenvalue weighted by Crippen LogP contribution is 2.34. The first-order valence-electron chi connectivity index (χ1n) is 15.2. The number of carbonyl (C=O) groups excluding carboxylic acids is 3. The molecule has 37 heavy (non-hydrogen) atoms. The minimum atomic E-state index is -0.842. The summed E-state index contributed by atoms with van der Waals surface area (Å²) in [6.07, 6.45) is 14.3. The molecule has 4 fully saturated rings. The Morgan fingerprint density at radius 1 is 0.838 bits per heavy atom. The third kappa shape index (κ3) is 7.69. The molecule has 8 heteroatoms. The van der Waals surface area contributed by atoms with E-state index in [9.17, 15) is 14.4 Å². The number of rotatable bonds is 10. The highest BCUT2D eigenvalue weighted by Gasteiger charge is 2.39. The topological polar surface area (TPSA) is 103 Å². The van der Waals surface area contributed by atoms with Gasteiger partial charge < -0.3 is 15.5 Å². The van der Waals surface area contributed by atoms with E-state index in [1.807, 2.05) is 11.8 Å². The van der Waals surface area contributed by atoms with Crippen LogP contribution in [0.25, 0.3) is 0 Å². The molecule has 4 aliphatic rings. The van der Waals surface area contributed by atoms with E-state index in [2.05, 4.69) is 35.1 Å². The summed E-state index contributed by atoms with van der Waals surface area (Å²) in [5.41, 5.74) is 0. The number of nitrogens with one attached hydrogen (secondary N) is 4. The third-order valence-electron chi connectivity index (χ3n) is 9.22. The molecule has 0 radical (unpaired) electrons. The quantitative estimate of drug-likeness (QED) is 0.356. The predicted octanol–water partition coefficient (Wildman–Crippen LogP) is 3.20. The van der Waals surface area contributed by atoms with Gasteiger partial charge in [0.2, 0.25) is 17.7 Å². The van der Waals surface area contributed by atoms with Crippen molar-refractivity contribution in [2.45, 2.75) is 147 Å². The van der Waals surface area contributed by atoms with Crippen molar-refractivity contribution in [1.29, 1.82) is 0 Å². The van der Waals surface area contributed by atoms with Crippen molar-refractivity contribution in [3.63, 3.8) is 0 Å². The van der Waals surface area contributed by atoms with Gasteiger partial charge in [0.25, 0.3) is 0 Å². The first kappa shape index (κ1) is 28.3. The largest absolute Gasteiger partial charge is 0.349 e. The van der Waals surface area contributed by atoms with Crippen LogP contribution in [0, 0.1) is 11.8 Å². The van der Waals surface area contributed by atoms with Crippen LogP contribution in [0.4, 0.5) is 0 Å². The van der Waals surface area contributed by atoms with E-state index >= 15 is 0 Å². The fourth-order valence-electron chi connectivity index (χ4n) is 7.03. The molecular weight excluding hydrogens is 466 g/mol. The number of nitrogens with zero attached hydrogens (tertiary/aromatic N) is 1. The van der Waals surface area contributed by atoms with Crippen molar-refractivity contribution in [2.75, 3.05) is 6.54 Å². The molecule has 2 aliphatic carbocycles. The van der Waals surface area contributed by atoms with Crippen molar-refractivity contribution in [1.82, 2.24) is 26.2 Å². The summed E-state index contributed by atoms with van der Waals surface area (Å²) in [5, 5.41) is 13.4. The molecule has 3 amide bonds. The summed E-state index contributed by atoms with van der Waals surface area (Å²) >= 11 is 0. The van der Waals surface area contributed by atoms with Gasteiger partial charge in [0.15, 0.2) is 0 Å². The van der Waals surface area contributed by atoms with Crippen molar-refractivity contribution >= 4 is 17.7 Å². The Labute approximate surface area is 223 Å². The van der Waals surface area contributed by atoms with Crippen LogP contribution in [-0.4, -0.2) is 65.5 Å². The van der Waals surface area contributed by atoms with Gasteiger partial charge in [-0.3, -0.25) is 25.0 Å². The van der Waals surface area contributed by atoms with Gasteiger partial charge in [-0.15, -0.1) is 0 Å². The molecule has 4 N–H and O–H groups in total. The molecule has 2 saturated carbocycles. The van der Waals surface area contributed by atoms with Crippen molar-refractivity contribution in [3.8, 4) is 0 Å². The zero-order valence-electron chi connectivity index (χ0n) is 23.4. The zero-order chi connectivity index (χ0) is 26.4. The average molecular weight is 518 g/mol. The molecule has 2 saturated heterocycles. The summed E-state index contributed by atoms with van der Waals surface area (Å²) in [7, 11) is 0. The van der Waals surface area contributed by atoms with Gasteiger partial charge in [-0.05, 0) is 63.7 Å². The molecule has 0 bridgehead atoms. The summed E-state index contributed by atoms with van der Waals surface area (Å²) < 4.78 is 0. The van der Waals surface area contributed by atoms with Crippen LogP contribution in [0.5, 0.6) is 0 Å². The monoisotopic (exact) mass is 517 g/mol. The molecule has 2 unspecified atom stereocenters. The lowest BCUT2D eigenvalue weighted by Gasteiger charge is -2.35. The number of amides is 3. The van der Waals surface area contributed by atoms with Crippen LogP contribution >= 0.6 is 0 Å². The lowest BCUT2D eigenvalue weighted by molar-refractivity contribution is -0.138. The molecule has 0 aromatic rings. The Kier molecular flexibility index (Phi) is 10.3. The molecular formula is C29H51N5O3. The van der Waals surface area contributed by atoms with Gasteiger partial charge in [-0.2, -0.15) is 0 Å². The first-order valence-corrected chi connectivity index (χ1v) is 15.2. The highest BCUT2D eigenvalue weighted by molar-refractivity contribution is 5.92. The van der Waals surface area contributed by atoms with Crippen LogP contribution in [0.2, 0.25) is 0 Å². The van der Waals surface area contributed by atoms with Crippen LogP contribution < -0.4 is 21.3 Å². The Hall–Kier alpha value is -1.67. The maximum Gasteiger partial charge on any atom is 0.243 e. The fraction of sp³-hybridized carbons (Fsp3) is 0.897. The second-order valence-electron chi connectivity index (χ2n) is 12.6. The van der Waals surface area contributed by atoms with Gasteiger partial charge in [-0.25, -0.2) is 0 Å². The standard InChI is InChI=1S/C29H51N5O3/c1-19(2)15-16-26(35)31-24(18-27(36)34-17-9-14-25(34)21-10-5-4-6-11-21)29(37)30-20(3)28-32-22-12-7-8-13-23(22)33-28/h19-25,28,32-33H,4-18H2,1-3H3,(H,30,37)(H,31,35)/t20-,22?,23?,24+,25-,28?/m1/s1. The number of carbonyl (C=O) groups is 3. The summed E-state index contributed by atoms with van der Waals surface area (Å²) in [6.45, 7) is 6.94. The normalized spacial score (nSPS) is 30.1. The minimum Gasteiger partial charge on any atom is -0.349 e. The molecule has 2 heterocycles. The lowest BCUT2D eigenvalue weighted by Crippen LogP contribution is -2.57. The fourth-order valence-corrected chi connectivity index (χ4v) is 7.03. The van der Waals surface area contributed by atoms with E-state index in [4.69, 9.17) is 0 Å². The van der Waals surface area contributed by atoms with Gasteiger partial charge in [0.1, 0.15) is 6.04 Å². The van der Waals surface area contributed by atoms with E-state index < -0.39 is 6.04 Å².